The lowest BCUT2D eigenvalue weighted by Gasteiger charge is -2.12. The summed E-state index contributed by atoms with van der Waals surface area (Å²) < 4.78 is 5.21. The van der Waals surface area contributed by atoms with E-state index in [2.05, 4.69) is 6.92 Å². The van der Waals surface area contributed by atoms with Gasteiger partial charge in [0, 0.05) is 6.42 Å². The fourth-order valence-corrected chi connectivity index (χ4v) is 1.76. The van der Waals surface area contributed by atoms with Crippen LogP contribution in [0.5, 0.6) is 0 Å². The lowest BCUT2D eigenvalue weighted by molar-refractivity contribution is -0.148. The van der Waals surface area contributed by atoms with E-state index in [1.54, 1.807) is 0 Å². The molecule has 0 saturated carbocycles. The van der Waals surface area contributed by atoms with Gasteiger partial charge in [-0.25, -0.2) is 0 Å². The van der Waals surface area contributed by atoms with Gasteiger partial charge < -0.3 is 4.74 Å². The maximum absolute atomic E-state index is 11.0. The first-order chi connectivity index (χ1) is 7.70. The summed E-state index contributed by atoms with van der Waals surface area (Å²) in [6, 6.07) is 0. The average molecular weight is 228 g/mol. The van der Waals surface area contributed by atoms with Crippen molar-refractivity contribution < 1.29 is 9.53 Å². The van der Waals surface area contributed by atoms with E-state index in [1.165, 1.54) is 44.9 Å². The van der Waals surface area contributed by atoms with E-state index in [9.17, 15) is 4.79 Å². The molecule has 0 aromatic rings. The van der Waals surface area contributed by atoms with E-state index in [4.69, 9.17) is 4.74 Å². The van der Waals surface area contributed by atoms with Crippen molar-refractivity contribution in [2.75, 3.05) is 0 Å². The van der Waals surface area contributed by atoms with Crippen LogP contribution < -0.4 is 0 Å². The Labute approximate surface area is 101 Å². The van der Waals surface area contributed by atoms with Crippen LogP contribution in [0.1, 0.15) is 78.6 Å². The molecule has 96 valence electrons. The molecule has 2 nitrogen and oxygen atoms in total. The summed E-state index contributed by atoms with van der Waals surface area (Å²) in [7, 11) is 0. The third kappa shape index (κ3) is 10.0. The fraction of sp³-hybridized carbons (Fsp3) is 0.929. The van der Waals surface area contributed by atoms with Gasteiger partial charge in [-0.05, 0) is 19.8 Å². The van der Waals surface area contributed by atoms with Crippen LogP contribution in [0.2, 0.25) is 0 Å². The predicted octanol–water partition coefficient (Wildman–Crippen LogP) is 4.47. The number of carbonyl (C=O) groups excluding carboxylic acids is 1. The predicted molar refractivity (Wildman–Crippen MR) is 68.5 cm³/mol. The van der Waals surface area contributed by atoms with Gasteiger partial charge in [0.15, 0.2) is 0 Å². The highest BCUT2D eigenvalue weighted by molar-refractivity contribution is 5.69. The summed E-state index contributed by atoms with van der Waals surface area (Å²) in [6.07, 6.45) is 10.8. The van der Waals surface area contributed by atoms with Crippen molar-refractivity contribution in [2.24, 2.45) is 0 Å². The monoisotopic (exact) mass is 228 g/mol. The van der Waals surface area contributed by atoms with E-state index >= 15 is 0 Å². The number of carbonyl (C=O) groups is 1. The third-order valence-corrected chi connectivity index (χ3v) is 2.84. The summed E-state index contributed by atoms with van der Waals surface area (Å²) in [5.74, 6) is -0.0737. The molecule has 1 atom stereocenters. The quantitative estimate of drug-likeness (QED) is 0.407. The van der Waals surface area contributed by atoms with Crippen LogP contribution in [-0.2, 0) is 9.53 Å². The van der Waals surface area contributed by atoms with Crippen molar-refractivity contribution in [1.82, 2.24) is 0 Å². The molecule has 0 spiro atoms. The number of hydrogen-bond acceptors (Lipinski definition) is 2. The van der Waals surface area contributed by atoms with E-state index in [0.717, 1.165) is 6.42 Å². The molecule has 0 rings (SSSR count). The molecular formula is C14H28O2. The topological polar surface area (TPSA) is 26.3 Å². The molecule has 0 saturated heterocycles. The minimum Gasteiger partial charge on any atom is -0.463 e. The minimum atomic E-state index is -0.0737. The smallest absolute Gasteiger partial charge is 0.305 e. The van der Waals surface area contributed by atoms with Crippen LogP contribution in [0, 0.1) is 0 Å². The van der Waals surface area contributed by atoms with Gasteiger partial charge in [-0.15, -0.1) is 0 Å². The molecule has 0 aliphatic carbocycles. The van der Waals surface area contributed by atoms with Gasteiger partial charge in [0.1, 0.15) is 0 Å². The van der Waals surface area contributed by atoms with Gasteiger partial charge in [-0.3, -0.25) is 4.79 Å². The molecule has 0 aromatic heterocycles. The zero-order valence-corrected chi connectivity index (χ0v) is 11.3. The minimum absolute atomic E-state index is 0.0737. The van der Waals surface area contributed by atoms with Crippen LogP contribution in [0.3, 0.4) is 0 Å². The van der Waals surface area contributed by atoms with Crippen molar-refractivity contribution in [2.45, 2.75) is 84.7 Å². The summed E-state index contributed by atoms with van der Waals surface area (Å²) >= 11 is 0. The van der Waals surface area contributed by atoms with Gasteiger partial charge in [-0.2, -0.15) is 0 Å². The largest absolute Gasteiger partial charge is 0.463 e. The Morgan fingerprint density at radius 2 is 1.56 bits per heavy atom. The summed E-state index contributed by atoms with van der Waals surface area (Å²) in [5.41, 5.74) is 0. The number of esters is 1. The maximum atomic E-state index is 11.0. The number of rotatable bonds is 10. The second kappa shape index (κ2) is 11.0. The van der Waals surface area contributed by atoms with Gasteiger partial charge >= 0.3 is 5.97 Å². The Hall–Kier alpha value is -0.530. The summed E-state index contributed by atoms with van der Waals surface area (Å²) in [5, 5.41) is 0. The Balaban J connectivity index is 3.21. The Kier molecular flexibility index (Phi) is 10.6. The molecule has 0 bridgehead atoms. The second-order valence-corrected chi connectivity index (χ2v) is 4.56. The van der Waals surface area contributed by atoms with Crippen LogP contribution >= 0.6 is 0 Å². The Morgan fingerprint density at radius 1 is 1.00 bits per heavy atom. The third-order valence-electron chi connectivity index (χ3n) is 2.84. The first kappa shape index (κ1) is 15.5. The molecule has 0 heterocycles. The molecule has 16 heavy (non-hydrogen) atoms. The Bertz CT molecular complexity index is 166. The lowest BCUT2D eigenvalue weighted by atomic mass is 10.1. The van der Waals surface area contributed by atoms with E-state index in [-0.39, 0.29) is 12.1 Å². The molecular weight excluding hydrogens is 200 g/mol. The van der Waals surface area contributed by atoms with Crippen molar-refractivity contribution >= 4 is 5.97 Å². The highest BCUT2D eigenvalue weighted by Gasteiger charge is 2.06. The van der Waals surface area contributed by atoms with Gasteiger partial charge in [0.25, 0.3) is 0 Å². The molecule has 0 aliphatic heterocycles. The lowest BCUT2D eigenvalue weighted by Crippen LogP contribution is -2.13. The summed E-state index contributed by atoms with van der Waals surface area (Å²) in [4.78, 5) is 11.0. The van der Waals surface area contributed by atoms with Crippen LogP contribution in [0.15, 0.2) is 0 Å². The van der Waals surface area contributed by atoms with Gasteiger partial charge in [-0.1, -0.05) is 52.4 Å². The van der Waals surface area contributed by atoms with Crippen LogP contribution in [0.4, 0.5) is 0 Å². The van der Waals surface area contributed by atoms with Gasteiger partial charge in [0.2, 0.25) is 0 Å². The van der Waals surface area contributed by atoms with Gasteiger partial charge in [0.05, 0.1) is 6.10 Å². The van der Waals surface area contributed by atoms with Crippen molar-refractivity contribution in [3.63, 3.8) is 0 Å². The molecule has 0 aliphatic rings. The first-order valence-electron chi connectivity index (χ1n) is 6.90. The molecule has 0 amide bonds. The highest BCUT2D eigenvalue weighted by Crippen LogP contribution is 2.11. The van der Waals surface area contributed by atoms with Crippen molar-refractivity contribution in [3.05, 3.63) is 0 Å². The number of ether oxygens (including phenoxy) is 1. The normalized spacial score (nSPS) is 12.4. The first-order valence-corrected chi connectivity index (χ1v) is 6.90. The average Bonchev–Trinajstić information content (AvgIpc) is 2.27. The zero-order valence-electron chi connectivity index (χ0n) is 11.3. The molecule has 1 unspecified atom stereocenters. The van der Waals surface area contributed by atoms with Crippen molar-refractivity contribution in [3.8, 4) is 0 Å². The number of unbranched alkanes of at least 4 members (excludes halogenated alkanes) is 6. The van der Waals surface area contributed by atoms with E-state index in [0.29, 0.717) is 6.42 Å². The molecule has 0 N–H and O–H groups in total. The van der Waals surface area contributed by atoms with E-state index in [1.807, 2.05) is 13.8 Å². The highest BCUT2D eigenvalue weighted by atomic mass is 16.5. The number of hydrogen-bond donors (Lipinski definition) is 0. The van der Waals surface area contributed by atoms with E-state index < -0.39 is 0 Å². The standard InChI is InChI=1S/C14H28O2/c1-4-6-7-8-9-10-11-12-13(3)16-14(15)5-2/h13H,4-12H2,1-3H3. The van der Waals surface area contributed by atoms with Crippen LogP contribution in [0.25, 0.3) is 0 Å². The zero-order chi connectivity index (χ0) is 12.2. The molecule has 2 heteroatoms. The molecule has 0 aromatic carbocycles. The molecule has 0 radical (unpaired) electrons. The SMILES string of the molecule is CCCCCCCCCC(C)OC(=O)CC. The van der Waals surface area contributed by atoms with Crippen molar-refractivity contribution in [1.29, 1.82) is 0 Å². The maximum Gasteiger partial charge on any atom is 0.305 e. The Morgan fingerprint density at radius 3 is 2.12 bits per heavy atom. The van der Waals surface area contributed by atoms with Crippen LogP contribution in [-0.4, -0.2) is 12.1 Å². The second-order valence-electron chi connectivity index (χ2n) is 4.56. The molecule has 0 fully saturated rings. The fourth-order valence-electron chi connectivity index (χ4n) is 1.76. The summed E-state index contributed by atoms with van der Waals surface area (Å²) in [6.45, 7) is 6.07.